The number of carbonyl (C=O) groups is 6. The Morgan fingerprint density at radius 1 is 0.721 bits per heavy atom. The van der Waals surface area contributed by atoms with Crippen molar-refractivity contribution in [3.63, 3.8) is 0 Å². The summed E-state index contributed by atoms with van der Waals surface area (Å²) < 4.78 is 37.4. The smallest absolute Gasteiger partial charge is 0.333 e. The summed E-state index contributed by atoms with van der Waals surface area (Å²) in [7, 11) is -4.49. The number of aryl methyl sites for hydroxylation is 1. The van der Waals surface area contributed by atoms with Gasteiger partial charge in [-0.05, 0) is 95.7 Å². The number of unbranched alkanes of at least 4 members (excludes halogenated alkanes) is 8. The summed E-state index contributed by atoms with van der Waals surface area (Å²) in [5, 5.41) is 1.15. The summed E-state index contributed by atoms with van der Waals surface area (Å²) in [6, 6.07) is 11.3. The number of allylic oxidation sites excluding steroid dienone is 6. The number of amides is 4. The molecule has 2 saturated heterocycles. The van der Waals surface area contributed by atoms with Crippen LogP contribution in [-0.4, -0.2) is 82.0 Å². The first-order valence-corrected chi connectivity index (χ1v) is 25.6. The van der Waals surface area contributed by atoms with Crippen molar-refractivity contribution in [2.75, 3.05) is 18.0 Å². The van der Waals surface area contributed by atoms with Crippen LogP contribution in [0.3, 0.4) is 0 Å². The van der Waals surface area contributed by atoms with E-state index in [4.69, 9.17) is 9.68 Å². The van der Waals surface area contributed by atoms with Gasteiger partial charge in [-0.1, -0.05) is 75.3 Å². The Morgan fingerprint density at radius 2 is 1.31 bits per heavy atom. The van der Waals surface area contributed by atoms with Gasteiger partial charge >= 0.3 is 11.9 Å². The minimum absolute atomic E-state index is 0.0234. The largest absolute Gasteiger partial charge is 0.344 e. The lowest BCUT2D eigenvalue weighted by Crippen LogP contribution is -2.32. The molecule has 0 radical (unpaired) electrons. The van der Waals surface area contributed by atoms with E-state index >= 15 is 0 Å². The third-order valence-electron chi connectivity index (χ3n) is 13.5. The summed E-state index contributed by atoms with van der Waals surface area (Å²) >= 11 is 0. The third kappa shape index (κ3) is 12.1. The highest BCUT2D eigenvalue weighted by atomic mass is 32.2. The maximum atomic E-state index is 12.5. The van der Waals surface area contributed by atoms with Gasteiger partial charge in [0.05, 0.1) is 10.3 Å². The van der Waals surface area contributed by atoms with Crippen LogP contribution in [0.4, 0.5) is 11.4 Å². The molecule has 0 aromatic heterocycles. The van der Waals surface area contributed by atoms with Gasteiger partial charge < -0.3 is 14.6 Å². The molecule has 0 spiro atoms. The number of imide groups is 2. The van der Waals surface area contributed by atoms with Crippen molar-refractivity contribution in [3.8, 4) is 0 Å². The average molecular weight is 956 g/mol. The normalized spacial score (nSPS) is 19.7. The molecule has 1 atom stereocenters. The third-order valence-corrected chi connectivity index (χ3v) is 14.3. The average Bonchev–Trinajstić information content (AvgIpc) is 3.92. The second-order valence-corrected chi connectivity index (χ2v) is 20.4. The van der Waals surface area contributed by atoms with Crippen molar-refractivity contribution in [3.05, 3.63) is 89.2 Å². The zero-order valence-corrected chi connectivity index (χ0v) is 41.0. The molecule has 6 rings (SSSR count). The van der Waals surface area contributed by atoms with E-state index in [2.05, 4.69) is 74.4 Å². The van der Waals surface area contributed by atoms with Gasteiger partial charge in [-0.15, -0.1) is 10.1 Å². The fourth-order valence-electron chi connectivity index (χ4n) is 9.71. The molecule has 366 valence electrons. The van der Waals surface area contributed by atoms with Crippen molar-refractivity contribution in [1.29, 1.82) is 0 Å². The van der Waals surface area contributed by atoms with Crippen LogP contribution in [-0.2, 0) is 59.4 Å². The lowest BCUT2D eigenvalue weighted by molar-refractivity contribution is -0.438. The predicted molar refractivity (Wildman–Crippen MR) is 256 cm³/mol. The molecule has 2 aromatic rings. The summed E-state index contributed by atoms with van der Waals surface area (Å²) in [5.41, 5.74) is 6.32. The number of anilines is 1. The number of hydrogen-bond acceptors (Lipinski definition) is 11. The zero-order chi connectivity index (χ0) is 49.2. The fourth-order valence-corrected chi connectivity index (χ4v) is 10.2. The van der Waals surface area contributed by atoms with Gasteiger partial charge in [-0.2, -0.15) is 13.0 Å². The maximum absolute atomic E-state index is 12.5. The van der Waals surface area contributed by atoms with Crippen molar-refractivity contribution >= 4 is 62.8 Å². The molecule has 4 aliphatic rings. The molecule has 1 unspecified atom stereocenters. The van der Waals surface area contributed by atoms with Crippen LogP contribution in [0.1, 0.15) is 160 Å². The Hall–Kier alpha value is -5.74. The molecule has 4 heterocycles. The minimum Gasteiger partial charge on any atom is -0.344 e. The second-order valence-electron chi connectivity index (χ2n) is 19.0. The molecule has 0 aliphatic carbocycles. The highest BCUT2D eigenvalue weighted by Crippen LogP contribution is 2.51. The monoisotopic (exact) mass is 955 g/mol. The first-order valence-electron chi connectivity index (χ1n) is 24.2. The molecule has 2 fully saturated rings. The Bertz CT molecular complexity index is 2490. The first-order chi connectivity index (χ1) is 32.4. The topological polar surface area (TPSA) is 188 Å². The van der Waals surface area contributed by atoms with Crippen LogP contribution < -0.4 is 4.90 Å². The Labute approximate surface area is 400 Å². The molecule has 0 saturated carbocycles. The van der Waals surface area contributed by atoms with E-state index in [1.54, 1.807) is 12.1 Å². The van der Waals surface area contributed by atoms with Gasteiger partial charge in [0, 0.05) is 86.0 Å². The van der Waals surface area contributed by atoms with Crippen molar-refractivity contribution in [2.24, 2.45) is 0 Å². The van der Waals surface area contributed by atoms with E-state index < -0.39 is 51.1 Å². The minimum atomic E-state index is -4.49. The molecule has 4 amide bonds. The predicted octanol–water partition coefficient (Wildman–Crippen LogP) is 9.09. The van der Waals surface area contributed by atoms with Crippen LogP contribution in [0.2, 0.25) is 0 Å². The van der Waals surface area contributed by atoms with E-state index in [0.717, 1.165) is 78.9 Å². The quantitative estimate of drug-likeness (QED) is 0.0346. The zero-order valence-electron chi connectivity index (χ0n) is 40.2. The summed E-state index contributed by atoms with van der Waals surface area (Å²) in [5.74, 6) is -3.28. The standard InChI is InChI=1S/C52H66N4O11S/c1-6-7-8-9-18-34-54-42-27-25-38(68(63,64)65)36-40(42)52(5,32-17-11-15-22-49(61)66-55-45(57)28-29-46(55)58)44(54)21-14-10-13-20-43-51(3,4)39-35-37(2)24-26-41(39)53(43)33-19-12-16-23-50(62)67-56-47(59)30-31-48(56)60/h10,13-14,20-21,24-27,35-36H,6-9,11-12,15-19,22-23,28-34H2,1-5H3/p+1. The molecule has 68 heavy (non-hydrogen) atoms. The number of nitrogens with zero attached hydrogens (tertiary/aromatic N) is 4. The Balaban J connectivity index is 1.21. The number of hydroxylamine groups is 4. The second kappa shape index (κ2) is 22.6. The molecule has 15 nitrogen and oxygen atoms in total. The van der Waals surface area contributed by atoms with Crippen LogP contribution in [0.15, 0.2) is 77.4 Å². The molecular formula is C52H67N4O11S+. The van der Waals surface area contributed by atoms with Crippen LogP contribution in [0, 0.1) is 6.92 Å². The number of carbonyl (C=O) groups excluding carboxylic acids is 6. The maximum Gasteiger partial charge on any atom is 0.333 e. The lowest BCUT2D eigenvalue weighted by atomic mass is 9.77. The lowest BCUT2D eigenvalue weighted by Gasteiger charge is -2.30. The van der Waals surface area contributed by atoms with Crippen LogP contribution in [0.25, 0.3) is 0 Å². The highest BCUT2D eigenvalue weighted by molar-refractivity contribution is 7.85. The van der Waals surface area contributed by atoms with Crippen molar-refractivity contribution in [2.45, 2.75) is 166 Å². The molecule has 0 bridgehead atoms. The fraction of sp³-hybridized carbons (Fsp3) is 0.519. The molecule has 2 aromatic carbocycles. The Morgan fingerprint density at radius 3 is 1.91 bits per heavy atom. The van der Waals surface area contributed by atoms with E-state index in [-0.39, 0.29) is 48.8 Å². The van der Waals surface area contributed by atoms with Crippen LogP contribution >= 0.6 is 0 Å². The Kier molecular flexibility index (Phi) is 17.1. The van der Waals surface area contributed by atoms with Crippen molar-refractivity contribution in [1.82, 2.24) is 10.1 Å². The van der Waals surface area contributed by atoms with Gasteiger partial charge in [0.2, 0.25) is 5.69 Å². The van der Waals surface area contributed by atoms with Gasteiger partial charge in [0.15, 0.2) is 5.71 Å². The van der Waals surface area contributed by atoms with E-state index in [1.807, 2.05) is 18.2 Å². The van der Waals surface area contributed by atoms with E-state index in [1.165, 1.54) is 11.6 Å². The molecule has 1 N–H and O–H groups in total. The summed E-state index contributed by atoms with van der Waals surface area (Å²) in [4.78, 5) is 84.8. The highest BCUT2D eigenvalue weighted by Gasteiger charge is 2.45. The summed E-state index contributed by atoms with van der Waals surface area (Å²) in [6.45, 7) is 12.2. The van der Waals surface area contributed by atoms with Gasteiger partial charge in [0.25, 0.3) is 33.7 Å². The number of fused-ring (bicyclic) bond motifs is 2. The number of hydrogen-bond donors (Lipinski definition) is 1. The number of rotatable bonds is 24. The van der Waals surface area contributed by atoms with Crippen LogP contribution in [0.5, 0.6) is 0 Å². The molecule has 4 aliphatic heterocycles. The molecule has 16 heteroatoms. The SMILES string of the molecule is CCCCCCCN1\C(=C/C=C/C=C/C2=[N+](CCCCCC(=O)ON3C(=O)CCC3=O)c3ccc(C)cc3C2(C)C)C(C)(CCCCCC(=O)ON2C(=O)CCC2=O)c2cc(S(=O)(=O)O)ccc21. The van der Waals surface area contributed by atoms with E-state index in [9.17, 15) is 41.7 Å². The van der Waals surface area contributed by atoms with Gasteiger partial charge in [0.1, 0.15) is 6.54 Å². The van der Waals surface area contributed by atoms with Gasteiger partial charge in [-0.3, -0.25) is 23.7 Å². The van der Waals surface area contributed by atoms with Crippen molar-refractivity contribution < 1.29 is 56.0 Å². The van der Waals surface area contributed by atoms with Gasteiger partial charge in [-0.25, -0.2) is 9.59 Å². The number of benzene rings is 2. The first kappa shape index (κ1) is 51.6. The summed E-state index contributed by atoms with van der Waals surface area (Å²) in [6.07, 6.45) is 20.3. The molecular weight excluding hydrogens is 889 g/mol. The van der Waals surface area contributed by atoms with E-state index in [0.29, 0.717) is 55.3 Å².